The molecule has 86 valence electrons. The predicted octanol–water partition coefficient (Wildman–Crippen LogP) is 0.900. The Morgan fingerprint density at radius 3 is 2.82 bits per heavy atom. The van der Waals surface area contributed by atoms with Crippen LogP contribution >= 0.6 is 0 Å². The molecule has 5 heteroatoms. The second-order valence-corrected chi connectivity index (χ2v) is 4.06. The number of para-hydroxylation sites is 2. The van der Waals surface area contributed by atoms with Crippen molar-refractivity contribution in [3.8, 4) is 5.69 Å². The van der Waals surface area contributed by atoms with Crippen LogP contribution in [0.15, 0.2) is 35.1 Å². The molecule has 1 aromatic carbocycles. The lowest BCUT2D eigenvalue weighted by molar-refractivity contribution is -0.116. The molecule has 0 atom stereocenters. The largest absolute Gasteiger partial charge is 0.323 e. The van der Waals surface area contributed by atoms with E-state index in [1.807, 2.05) is 31.2 Å². The summed E-state index contributed by atoms with van der Waals surface area (Å²) in [6, 6.07) is 8.97. The Labute approximate surface area is 97.3 Å². The molecule has 1 aliphatic rings. The number of hydrogen-bond donors (Lipinski definition) is 1. The third-order valence-electron chi connectivity index (χ3n) is 2.86. The van der Waals surface area contributed by atoms with E-state index in [1.54, 1.807) is 4.68 Å². The molecule has 1 amide bonds. The molecule has 0 saturated heterocycles. The van der Waals surface area contributed by atoms with Crippen molar-refractivity contribution in [2.24, 2.45) is 0 Å². The van der Waals surface area contributed by atoms with Gasteiger partial charge in [-0.05, 0) is 19.1 Å². The molecule has 0 bridgehead atoms. The summed E-state index contributed by atoms with van der Waals surface area (Å²) in [6.07, 6.45) is 0. The molecule has 5 nitrogen and oxygen atoms in total. The van der Waals surface area contributed by atoms with Gasteiger partial charge in [-0.2, -0.15) is 0 Å². The highest BCUT2D eigenvalue weighted by Gasteiger charge is 2.19. The van der Waals surface area contributed by atoms with Gasteiger partial charge in [-0.15, -0.1) is 0 Å². The van der Waals surface area contributed by atoms with Crippen LogP contribution in [0.25, 0.3) is 5.69 Å². The first-order valence-electron chi connectivity index (χ1n) is 5.35. The number of nitrogens with zero attached hydrogens (tertiary/aromatic N) is 2. The number of carbonyl (C=O) groups excluding carboxylic acids is 1. The zero-order valence-corrected chi connectivity index (χ0v) is 9.30. The van der Waals surface area contributed by atoms with E-state index in [2.05, 4.69) is 5.32 Å². The third-order valence-corrected chi connectivity index (χ3v) is 2.86. The van der Waals surface area contributed by atoms with Crippen molar-refractivity contribution < 1.29 is 4.79 Å². The van der Waals surface area contributed by atoms with E-state index in [0.717, 1.165) is 17.1 Å². The molecule has 17 heavy (non-hydrogen) atoms. The highest BCUT2D eigenvalue weighted by molar-refractivity contribution is 5.93. The molecule has 2 aromatic rings. The van der Waals surface area contributed by atoms with Gasteiger partial charge in [0.05, 0.1) is 11.4 Å². The van der Waals surface area contributed by atoms with Gasteiger partial charge in [0, 0.05) is 11.8 Å². The Kier molecular flexibility index (Phi) is 1.95. The first-order valence-corrected chi connectivity index (χ1v) is 5.35. The fourth-order valence-corrected chi connectivity index (χ4v) is 2.16. The van der Waals surface area contributed by atoms with E-state index in [-0.39, 0.29) is 18.0 Å². The van der Waals surface area contributed by atoms with Gasteiger partial charge in [0.15, 0.2) is 0 Å². The summed E-state index contributed by atoms with van der Waals surface area (Å²) in [5.41, 5.74) is 2.20. The summed E-state index contributed by atoms with van der Waals surface area (Å²) in [5, 5.41) is 2.79. The summed E-state index contributed by atoms with van der Waals surface area (Å²) in [6.45, 7) is 1.89. The Morgan fingerprint density at radius 2 is 2.00 bits per heavy atom. The van der Waals surface area contributed by atoms with Gasteiger partial charge in [0.25, 0.3) is 5.56 Å². The van der Waals surface area contributed by atoms with Gasteiger partial charge in [0.1, 0.15) is 6.54 Å². The van der Waals surface area contributed by atoms with Crippen LogP contribution < -0.4 is 10.9 Å². The summed E-state index contributed by atoms with van der Waals surface area (Å²) >= 11 is 0. The summed E-state index contributed by atoms with van der Waals surface area (Å²) in [7, 11) is 0. The minimum atomic E-state index is -0.184. The maximum atomic E-state index is 11.8. The van der Waals surface area contributed by atoms with Crippen LogP contribution in [0.4, 0.5) is 5.69 Å². The molecular formula is C12H11N3O2. The second kappa shape index (κ2) is 3.35. The molecule has 0 fully saturated rings. The van der Waals surface area contributed by atoms with Crippen LogP contribution in [-0.4, -0.2) is 15.3 Å². The third kappa shape index (κ3) is 1.39. The normalized spacial score (nSPS) is 13.6. The van der Waals surface area contributed by atoms with Crippen molar-refractivity contribution in [3.63, 3.8) is 0 Å². The van der Waals surface area contributed by atoms with Crippen LogP contribution in [0.5, 0.6) is 0 Å². The van der Waals surface area contributed by atoms with Crippen molar-refractivity contribution in [3.05, 3.63) is 46.4 Å². The van der Waals surface area contributed by atoms with Gasteiger partial charge in [-0.3, -0.25) is 14.3 Å². The number of aryl methyl sites for hydroxylation is 1. The summed E-state index contributed by atoms with van der Waals surface area (Å²) in [5.74, 6) is -0.184. The van der Waals surface area contributed by atoms with E-state index < -0.39 is 0 Å². The van der Waals surface area contributed by atoms with Crippen molar-refractivity contribution in [1.82, 2.24) is 9.36 Å². The molecule has 1 N–H and O–H groups in total. The molecule has 0 aliphatic carbocycles. The second-order valence-electron chi connectivity index (χ2n) is 4.06. The molecule has 0 unspecified atom stereocenters. The van der Waals surface area contributed by atoms with Gasteiger partial charge >= 0.3 is 0 Å². The van der Waals surface area contributed by atoms with Gasteiger partial charge < -0.3 is 5.32 Å². The van der Waals surface area contributed by atoms with Crippen LogP contribution in [0, 0.1) is 6.92 Å². The average molecular weight is 229 g/mol. The standard InChI is InChI=1S/C12H11N3O2/c1-8-6-12(17)14-7-11(16)13-9-4-2-3-5-10(9)15(8)14/h2-6H,7H2,1H3,(H,13,16). The quantitative estimate of drug-likeness (QED) is 0.729. The first kappa shape index (κ1) is 9.89. The maximum Gasteiger partial charge on any atom is 0.267 e. The van der Waals surface area contributed by atoms with E-state index in [9.17, 15) is 9.59 Å². The zero-order chi connectivity index (χ0) is 12.0. The number of anilines is 1. The van der Waals surface area contributed by atoms with Crippen molar-refractivity contribution in [1.29, 1.82) is 0 Å². The number of fused-ring (bicyclic) bond motifs is 3. The zero-order valence-electron chi connectivity index (χ0n) is 9.30. The Bertz CT molecular complexity index is 667. The average Bonchev–Trinajstić information content (AvgIpc) is 2.48. The number of benzene rings is 1. The van der Waals surface area contributed by atoms with Crippen molar-refractivity contribution >= 4 is 11.6 Å². The first-order chi connectivity index (χ1) is 8.16. The molecule has 0 radical (unpaired) electrons. The lowest BCUT2D eigenvalue weighted by Gasteiger charge is -2.11. The number of amides is 1. The fraction of sp³-hybridized carbons (Fsp3) is 0.167. The van der Waals surface area contributed by atoms with E-state index in [1.165, 1.54) is 10.7 Å². The Balaban J connectivity index is 2.40. The molecule has 1 aromatic heterocycles. The molecule has 0 spiro atoms. The molecular weight excluding hydrogens is 218 g/mol. The Morgan fingerprint density at radius 1 is 1.24 bits per heavy atom. The number of aromatic nitrogens is 2. The number of hydrogen-bond acceptors (Lipinski definition) is 2. The van der Waals surface area contributed by atoms with Crippen LogP contribution in [0.1, 0.15) is 5.69 Å². The van der Waals surface area contributed by atoms with Gasteiger partial charge in [0.2, 0.25) is 5.91 Å². The van der Waals surface area contributed by atoms with E-state index >= 15 is 0 Å². The van der Waals surface area contributed by atoms with Crippen LogP contribution in [0.2, 0.25) is 0 Å². The molecule has 1 aliphatic heterocycles. The SMILES string of the molecule is Cc1cc(=O)n2n1-c1ccccc1NC(=O)C2. The van der Waals surface area contributed by atoms with Crippen molar-refractivity contribution in [2.75, 3.05) is 5.32 Å². The fourth-order valence-electron chi connectivity index (χ4n) is 2.16. The molecule has 2 heterocycles. The van der Waals surface area contributed by atoms with Crippen LogP contribution in [-0.2, 0) is 11.3 Å². The monoisotopic (exact) mass is 229 g/mol. The van der Waals surface area contributed by atoms with E-state index in [0.29, 0.717) is 0 Å². The minimum Gasteiger partial charge on any atom is -0.323 e. The highest BCUT2D eigenvalue weighted by Crippen LogP contribution is 2.23. The molecule has 3 rings (SSSR count). The predicted molar refractivity (Wildman–Crippen MR) is 63.4 cm³/mol. The Hall–Kier alpha value is -2.30. The number of carbonyl (C=O) groups is 1. The summed E-state index contributed by atoms with van der Waals surface area (Å²) < 4.78 is 3.21. The highest BCUT2D eigenvalue weighted by atomic mass is 16.2. The lowest BCUT2D eigenvalue weighted by atomic mass is 10.2. The lowest BCUT2D eigenvalue weighted by Crippen LogP contribution is -2.26. The van der Waals surface area contributed by atoms with Gasteiger partial charge in [-0.25, -0.2) is 4.68 Å². The van der Waals surface area contributed by atoms with Crippen LogP contribution in [0.3, 0.4) is 0 Å². The minimum absolute atomic E-state index is 0.0430. The van der Waals surface area contributed by atoms with Gasteiger partial charge in [-0.1, -0.05) is 12.1 Å². The molecule has 0 saturated carbocycles. The topological polar surface area (TPSA) is 56.0 Å². The number of nitrogens with one attached hydrogen (secondary N) is 1. The maximum absolute atomic E-state index is 11.8. The van der Waals surface area contributed by atoms with E-state index in [4.69, 9.17) is 0 Å². The smallest absolute Gasteiger partial charge is 0.267 e. The van der Waals surface area contributed by atoms with Crippen molar-refractivity contribution in [2.45, 2.75) is 13.5 Å². The summed E-state index contributed by atoms with van der Waals surface area (Å²) in [4.78, 5) is 23.4. The number of rotatable bonds is 0.